The molecule has 1 heterocycles. The lowest BCUT2D eigenvalue weighted by atomic mass is 9.98. The lowest BCUT2D eigenvalue weighted by Crippen LogP contribution is -2.12. The average molecular weight is 261 g/mol. The third-order valence-electron chi connectivity index (χ3n) is 2.81. The highest BCUT2D eigenvalue weighted by atomic mass is 16.4. The van der Waals surface area contributed by atoms with E-state index < -0.39 is 0 Å². The lowest BCUT2D eigenvalue weighted by Gasteiger charge is -2.09. The van der Waals surface area contributed by atoms with Gasteiger partial charge < -0.3 is 9.73 Å². The first kappa shape index (κ1) is 15.4. The van der Waals surface area contributed by atoms with E-state index in [-0.39, 0.29) is 5.63 Å². The molecule has 0 fully saturated rings. The Morgan fingerprint density at radius 1 is 1.21 bits per heavy atom. The lowest BCUT2D eigenvalue weighted by molar-refractivity contribution is 0.533. The van der Waals surface area contributed by atoms with E-state index in [9.17, 15) is 4.79 Å². The molecule has 104 valence electrons. The zero-order valence-corrected chi connectivity index (χ0v) is 12.4. The highest BCUT2D eigenvalue weighted by molar-refractivity contribution is 5.80. The van der Waals surface area contributed by atoms with Crippen LogP contribution in [0.5, 0.6) is 0 Å². The molecule has 0 atom stereocenters. The maximum Gasteiger partial charge on any atom is 0.339 e. The molecule has 19 heavy (non-hydrogen) atoms. The zero-order chi connectivity index (χ0) is 14.4. The molecule has 1 N–H and O–H groups in total. The fourth-order valence-corrected chi connectivity index (χ4v) is 1.99. The Hall–Kier alpha value is -1.61. The highest BCUT2D eigenvalue weighted by Crippen LogP contribution is 2.20. The third-order valence-corrected chi connectivity index (χ3v) is 2.81. The number of nitrogens with one attached hydrogen (secondary N) is 1. The SMILES string of the molecule is CNC.Cc1c(CC(C)C)c(=O)oc2ccccc12. The van der Waals surface area contributed by atoms with Crippen LogP contribution >= 0.6 is 0 Å². The Labute approximate surface area is 114 Å². The molecule has 0 saturated carbocycles. The summed E-state index contributed by atoms with van der Waals surface area (Å²) in [5.74, 6) is 0.461. The molecule has 0 saturated heterocycles. The second-order valence-corrected chi connectivity index (χ2v) is 5.09. The van der Waals surface area contributed by atoms with E-state index in [1.54, 1.807) is 0 Å². The van der Waals surface area contributed by atoms with Gasteiger partial charge in [0.2, 0.25) is 0 Å². The molecule has 0 aliphatic heterocycles. The number of hydrogen-bond acceptors (Lipinski definition) is 3. The molecular weight excluding hydrogens is 238 g/mol. The molecule has 0 spiro atoms. The quantitative estimate of drug-likeness (QED) is 0.844. The number of rotatable bonds is 2. The van der Waals surface area contributed by atoms with Gasteiger partial charge in [-0.2, -0.15) is 0 Å². The standard InChI is InChI=1S/C14H16O2.C2H7N/c1-9(2)8-12-10(3)11-6-4-5-7-13(11)16-14(12)15;1-3-2/h4-7,9H,8H2,1-3H3;3H,1-2H3. The molecule has 0 unspecified atom stereocenters. The molecule has 0 aliphatic rings. The molecule has 0 amide bonds. The summed E-state index contributed by atoms with van der Waals surface area (Å²) in [6.45, 7) is 6.21. The largest absolute Gasteiger partial charge is 0.423 e. The van der Waals surface area contributed by atoms with Crippen LogP contribution in [0.15, 0.2) is 33.5 Å². The fourth-order valence-electron chi connectivity index (χ4n) is 1.99. The summed E-state index contributed by atoms with van der Waals surface area (Å²) in [7, 11) is 3.75. The second-order valence-electron chi connectivity index (χ2n) is 5.09. The van der Waals surface area contributed by atoms with Gasteiger partial charge in [0, 0.05) is 10.9 Å². The minimum atomic E-state index is -0.190. The van der Waals surface area contributed by atoms with Gasteiger partial charge in [0.05, 0.1) is 0 Å². The van der Waals surface area contributed by atoms with Crippen molar-refractivity contribution in [3.63, 3.8) is 0 Å². The maximum atomic E-state index is 11.8. The van der Waals surface area contributed by atoms with Crippen molar-refractivity contribution in [3.8, 4) is 0 Å². The van der Waals surface area contributed by atoms with E-state index in [2.05, 4.69) is 19.2 Å². The summed E-state index contributed by atoms with van der Waals surface area (Å²) < 4.78 is 5.32. The fraction of sp³-hybridized carbons (Fsp3) is 0.438. The van der Waals surface area contributed by atoms with Crippen LogP contribution < -0.4 is 10.9 Å². The number of aryl methyl sites for hydroxylation is 1. The molecule has 2 aromatic rings. The topological polar surface area (TPSA) is 42.2 Å². The molecule has 3 heteroatoms. The molecule has 3 nitrogen and oxygen atoms in total. The van der Waals surface area contributed by atoms with Crippen molar-refractivity contribution in [1.82, 2.24) is 5.32 Å². The zero-order valence-electron chi connectivity index (χ0n) is 12.4. The van der Waals surface area contributed by atoms with Crippen LogP contribution in [0.3, 0.4) is 0 Å². The van der Waals surface area contributed by atoms with Crippen LogP contribution in [-0.4, -0.2) is 14.1 Å². The van der Waals surface area contributed by atoms with E-state index >= 15 is 0 Å². The second kappa shape index (κ2) is 7.10. The van der Waals surface area contributed by atoms with E-state index in [0.717, 1.165) is 22.9 Å². The van der Waals surface area contributed by atoms with Gasteiger partial charge >= 0.3 is 5.63 Å². The van der Waals surface area contributed by atoms with Crippen LogP contribution in [0.1, 0.15) is 25.0 Å². The van der Waals surface area contributed by atoms with E-state index in [4.69, 9.17) is 4.42 Å². The van der Waals surface area contributed by atoms with E-state index in [0.29, 0.717) is 11.5 Å². The van der Waals surface area contributed by atoms with Gasteiger partial charge in [-0.1, -0.05) is 32.0 Å². The molecule has 1 aromatic heterocycles. The minimum Gasteiger partial charge on any atom is -0.423 e. The van der Waals surface area contributed by atoms with Crippen molar-refractivity contribution in [2.24, 2.45) is 5.92 Å². The van der Waals surface area contributed by atoms with Crippen molar-refractivity contribution in [3.05, 3.63) is 45.8 Å². The van der Waals surface area contributed by atoms with Gasteiger partial charge in [0.25, 0.3) is 0 Å². The summed E-state index contributed by atoms with van der Waals surface area (Å²) in [6, 6.07) is 7.68. The Morgan fingerprint density at radius 3 is 2.37 bits per heavy atom. The highest BCUT2D eigenvalue weighted by Gasteiger charge is 2.11. The molecule has 2 rings (SSSR count). The first-order valence-electron chi connectivity index (χ1n) is 6.61. The monoisotopic (exact) mass is 261 g/mol. The van der Waals surface area contributed by atoms with Crippen LogP contribution in [0.25, 0.3) is 11.0 Å². The van der Waals surface area contributed by atoms with Gasteiger partial charge in [-0.05, 0) is 45.0 Å². The summed E-state index contributed by atoms with van der Waals surface area (Å²) in [4.78, 5) is 11.8. The number of para-hydroxylation sites is 1. The molecule has 1 aromatic carbocycles. The number of fused-ring (bicyclic) bond motifs is 1. The van der Waals surface area contributed by atoms with Crippen molar-refractivity contribution in [1.29, 1.82) is 0 Å². The molecule has 0 radical (unpaired) electrons. The van der Waals surface area contributed by atoms with Gasteiger partial charge in [0.15, 0.2) is 0 Å². The van der Waals surface area contributed by atoms with Crippen LogP contribution in [0.2, 0.25) is 0 Å². The van der Waals surface area contributed by atoms with Gasteiger partial charge in [-0.3, -0.25) is 0 Å². The van der Waals surface area contributed by atoms with Crippen molar-refractivity contribution >= 4 is 11.0 Å². The summed E-state index contributed by atoms with van der Waals surface area (Å²) in [6.07, 6.45) is 0.777. The predicted octanol–water partition coefficient (Wildman–Crippen LogP) is 3.14. The Bertz CT molecular complexity index is 585. The van der Waals surface area contributed by atoms with Crippen molar-refractivity contribution in [2.45, 2.75) is 27.2 Å². The minimum absolute atomic E-state index is 0.190. The molecular formula is C16H23NO2. The van der Waals surface area contributed by atoms with Gasteiger partial charge in [-0.15, -0.1) is 0 Å². The summed E-state index contributed by atoms with van der Waals surface area (Å²) >= 11 is 0. The Balaban J connectivity index is 0.000000550. The maximum absolute atomic E-state index is 11.8. The number of hydrogen-bond donors (Lipinski definition) is 1. The normalized spacial score (nSPS) is 10.4. The smallest absolute Gasteiger partial charge is 0.339 e. The van der Waals surface area contributed by atoms with Crippen LogP contribution in [-0.2, 0) is 6.42 Å². The Morgan fingerprint density at radius 2 is 1.79 bits per heavy atom. The van der Waals surface area contributed by atoms with Gasteiger partial charge in [-0.25, -0.2) is 4.79 Å². The average Bonchev–Trinajstić information content (AvgIpc) is 2.35. The molecule has 0 aliphatic carbocycles. The van der Waals surface area contributed by atoms with Crippen LogP contribution in [0.4, 0.5) is 0 Å². The van der Waals surface area contributed by atoms with E-state index in [1.807, 2.05) is 45.3 Å². The Kier molecular flexibility index (Phi) is 5.77. The first-order valence-corrected chi connectivity index (χ1v) is 6.61. The number of benzene rings is 1. The first-order chi connectivity index (χ1) is 9.01. The van der Waals surface area contributed by atoms with Crippen LogP contribution in [0, 0.1) is 12.8 Å². The third kappa shape index (κ3) is 3.93. The predicted molar refractivity (Wildman–Crippen MR) is 80.7 cm³/mol. The van der Waals surface area contributed by atoms with Crippen molar-refractivity contribution in [2.75, 3.05) is 14.1 Å². The molecule has 0 bridgehead atoms. The summed E-state index contributed by atoms with van der Waals surface area (Å²) in [5, 5.41) is 3.79. The van der Waals surface area contributed by atoms with Crippen molar-refractivity contribution < 1.29 is 4.42 Å². The summed E-state index contributed by atoms with van der Waals surface area (Å²) in [5.41, 5.74) is 2.36. The van der Waals surface area contributed by atoms with Gasteiger partial charge in [0.1, 0.15) is 5.58 Å². The van der Waals surface area contributed by atoms with E-state index in [1.165, 1.54) is 0 Å².